The lowest BCUT2D eigenvalue weighted by Gasteiger charge is -2.32. The number of hydrogen-bond donors (Lipinski definition) is 2. The van der Waals surface area contributed by atoms with Gasteiger partial charge in [0.15, 0.2) is 5.96 Å². The van der Waals surface area contributed by atoms with Crippen LogP contribution in [0.1, 0.15) is 37.8 Å². The highest BCUT2D eigenvalue weighted by Crippen LogP contribution is 2.17. The predicted octanol–water partition coefficient (Wildman–Crippen LogP) is 1.58. The average molecular weight is 402 g/mol. The molecule has 0 spiro atoms. The molecule has 1 unspecified atom stereocenters. The Morgan fingerprint density at radius 2 is 1.93 bits per heavy atom. The number of morpholine rings is 1. The number of carbonyl (C=O) groups is 1. The predicted molar refractivity (Wildman–Crippen MR) is 116 cm³/mol. The second kappa shape index (κ2) is 11.2. The van der Waals surface area contributed by atoms with Gasteiger partial charge in [-0.15, -0.1) is 0 Å². The summed E-state index contributed by atoms with van der Waals surface area (Å²) >= 11 is 0. The van der Waals surface area contributed by atoms with Crippen molar-refractivity contribution in [1.82, 2.24) is 20.4 Å². The Bertz CT molecular complexity index is 688. The van der Waals surface area contributed by atoms with Gasteiger partial charge in [-0.05, 0) is 31.4 Å². The summed E-state index contributed by atoms with van der Waals surface area (Å²) in [5.74, 6) is 1.09. The number of rotatable bonds is 8. The third kappa shape index (κ3) is 6.44. The van der Waals surface area contributed by atoms with Crippen molar-refractivity contribution in [2.24, 2.45) is 4.99 Å². The van der Waals surface area contributed by atoms with Crippen molar-refractivity contribution < 1.29 is 9.53 Å². The molecule has 7 heteroatoms. The van der Waals surface area contributed by atoms with Crippen molar-refractivity contribution in [2.75, 3.05) is 45.9 Å². The molecule has 0 aliphatic carbocycles. The molecule has 0 saturated carbocycles. The van der Waals surface area contributed by atoms with E-state index in [2.05, 4.69) is 41.5 Å². The lowest BCUT2D eigenvalue weighted by atomic mass is 10.1. The van der Waals surface area contributed by atoms with E-state index in [1.54, 1.807) is 0 Å². The van der Waals surface area contributed by atoms with E-state index < -0.39 is 0 Å². The van der Waals surface area contributed by atoms with Gasteiger partial charge in [0, 0.05) is 51.7 Å². The molecular formula is C22H35N5O2. The first-order chi connectivity index (χ1) is 14.2. The number of guanidine groups is 1. The number of amides is 1. The molecule has 1 amide bonds. The summed E-state index contributed by atoms with van der Waals surface area (Å²) in [6.07, 6.45) is 1.64. The summed E-state index contributed by atoms with van der Waals surface area (Å²) in [5, 5.41) is 6.82. The van der Waals surface area contributed by atoms with Crippen LogP contribution in [0.25, 0.3) is 0 Å². The number of aliphatic imine (C=N–C) groups is 1. The Kier molecular flexibility index (Phi) is 8.31. The van der Waals surface area contributed by atoms with E-state index in [-0.39, 0.29) is 5.91 Å². The first-order valence-electron chi connectivity index (χ1n) is 10.9. The molecule has 2 fully saturated rings. The monoisotopic (exact) mass is 401 g/mol. The van der Waals surface area contributed by atoms with Crippen LogP contribution in [0.5, 0.6) is 0 Å². The summed E-state index contributed by atoms with van der Waals surface area (Å²) in [5.41, 5.74) is 2.36. The smallest absolute Gasteiger partial charge is 0.222 e. The highest BCUT2D eigenvalue weighted by atomic mass is 16.5. The number of likely N-dealkylation sites (tertiary alicyclic amines) is 1. The van der Waals surface area contributed by atoms with Crippen molar-refractivity contribution in [3.63, 3.8) is 0 Å². The molecule has 2 heterocycles. The Labute approximate surface area is 174 Å². The van der Waals surface area contributed by atoms with Gasteiger partial charge < -0.3 is 20.3 Å². The van der Waals surface area contributed by atoms with Gasteiger partial charge in [-0.1, -0.05) is 24.3 Å². The lowest BCUT2D eigenvalue weighted by Crippen LogP contribution is -2.49. The van der Waals surface area contributed by atoms with Crippen LogP contribution in [-0.2, 0) is 22.6 Å². The van der Waals surface area contributed by atoms with Crippen LogP contribution in [0.3, 0.4) is 0 Å². The van der Waals surface area contributed by atoms with Crippen LogP contribution in [0.15, 0.2) is 29.3 Å². The molecule has 3 rings (SSSR count). The van der Waals surface area contributed by atoms with Crippen LogP contribution < -0.4 is 10.6 Å². The summed E-state index contributed by atoms with van der Waals surface area (Å²) in [6.45, 7) is 11.7. The highest BCUT2D eigenvalue weighted by Gasteiger charge is 2.21. The van der Waals surface area contributed by atoms with Gasteiger partial charge in [0.2, 0.25) is 5.91 Å². The quantitative estimate of drug-likeness (QED) is 0.511. The maximum Gasteiger partial charge on any atom is 0.222 e. The topological polar surface area (TPSA) is 69.2 Å². The first kappa shape index (κ1) is 21.6. The minimum atomic E-state index is 0.260. The molecule has 2 saturated heterocycles. The van der Waals surface area contributed by atoms with E-state index in [1.165, 1.54) is 11.1 Å². The van der Waals surface area contributed by atoms with Gasteiger partial charge in [0.1, 0.15) is 0 Å². The zero-order valence-corrected chi connectivity index (χ0v) is 17.8. The number of ether oxygens (including phenoxy) is 1. The fraction of sp³-hybridized carbons (Fsp3) is 0.636. The maximum absolute atomic E-state index is 12.0. The Hall–Kier alpha value is -2.12. The van der Waals surface area contributed by atoms with E-state index in [0.717, 1.165) is 58.3 Å². The second-order valence-corrected chi connectivity index (χ2v) is 7.76. The number of nitrogens with zero attached hydrogens (tertiary/aromatic N) is 3. The maximum atomic E-state index is 12.0. The van der Waals surface area contributed by atoms with Crippen LogP contribution in [0, 0.1) is 0 Å². The van der Waals surface area contributed by atoms with Gasteiger partial charge in [-0.2, -0.15) is 0 Å². The van der Waals surface area contributed by atoms with Crippen LogP contribution in [0.4, 0.5) is 0 Å². The van der Waals surface area contributed by atoms with Gasteiger partial charge in [0.25, 0.3) is 0 Å². The van der Waals surface area contributed by atoms with E-state index >= 15 is 0 Å². The van der Waals surface area contributed by atoms with Crippen LogP contribution >= 0.6 is 0 Å². The molecule has 2 aliphatic rings. The number of benzene rings is 1. The lowest BCUT2D eigenvalue weighted by molar-refractivity contribution is -0.128. The third-order valence-electron chi connectivity index (χ3n) is 5.64. The van der Waals surface area contributed by atoms with E-state index in [0.29, 0.717) is 25.6 Å². The molecule has 7 nitrogen and oxygen atoms in total. The minimum Gasteiger partial charge on any atom is -0.379 e. The van der Waals surface area contributed by atoms with E-state index in [4.69, 9.17) is 9.73 Å². The third-order valence-corrected chi connectivity index (χ3v) is 5.64. The Morgan fingerprint density at radius 1 is 1.17 bits per heavy atom. The molecule has 29 heavy (non-hydrogen) atoms. The molecule has 0 bridgehead atoms. The highest BCUT2D eigenvalue weighted by molar-refractivity contribution is 5.80. The largest absolute Gasteiger partial charge is 0.379 e. The molecule has 1 aromatic carbocycles. The van der Waals surface area contributed by atoms with E-state index in [9.17, 15) is 4.79 Å². The van der Waals surface area contributed by atoms with Crippen molar-refractivity contribution in [3.8, 4) is 0 Å². The molecule has 0 radical (unpaired) electrons. The SMILES string of the molecule is CCNC(=NCc1ccccc1CN1CCCC1=O)NCC(C)N1CCOCC1. The van der Waals surface area contributed by atoms with Crippen molar-refractivity contribution in [1.29, 1.82) is 0 Å². The van der Waals surface area contributed by atoms with E-state index in [1.807, 2.05) is 17.0 Å². The van der Waals surface area contributed by atoms with Crippen molar-refractivity contribution in [3.05, 3.63) is 35.4 Å². The summed E-state index contributed by atoms with van der Waals surface area (Å²) < 4.78 is 5.44. The number of carbonyl (C=O) groups excluding carboxylic acids is 1. The Morgan fingerprint density at radius 3 is 2.62 bits per heavy atom. The normalized spacial score (nSPS) is 19.4. The van der Waals surface area contributed by atoms with Gasteiger partial charge in [0.05, 0.1) is 19.8 Å². The summed E-state index contributed by atoms with van der Waals surface area (Å²) in [7, 11) is 0. The molecule has 160 valence electrons. The van der Waals surface area contributed by atoms with Gasteiger partial charge >= 0.3 is 0 Å². The average Bonchev–Trinajstić information content (AvgIpc) is 3.16. The van der Waals surface area contributed by atoms with Crippen molar-refractivity contribution in [2.45, 2.75) is 45.8 Å². The first-order valence-corrected chi connectivity index (χ1v) is 10.9. The minimum absolute atomic E-state index is 0.260. The van der Waals surface area contributed by atoms with Gasteiger partial charge in [-0.3, -0.25) is 9.69 Å². The standard InChI is InChI=1S/C22H35N5O2/c1-3-23-22(24-15-18(2)26-11-13-29-14-12-26)25-16-19-7-4-5-8-20(19)17-27-10-6-9-21(27)28/h4-5,7-8,18H,3,6,9-17H2,1-2H3,(H2,23,24,25). The van der Waals surface area contributed by atoms with Gasteiger partial charge in [-0.25, -0.2) is 4.99 Å². The summed E-state index contributed by atoms with van der Waals surface area (Å²) in [4.78, 5) is 21.2. The molecule has 1 atom stereocenters. The number of hydrogen-bond acceptors (Lipinski definition) is 4. The fourth-order valence-electron chi connectivity index (χ4n) is 3.84. The van der Waals surface area contributed by atoms with Crippen molar-refractivity contribution >= 4 is 11.9 Å². The number of nitrogens with one attached hydrogen (secondary N) is 2. The zero-order valence-electron chi connectivity index (χ0n) is 17.8. The second-order valence-electron chi connectivity index (χ2n) is 7.76. The summed E-state index contributed by atoms with van der Waals surface area (Å²) in [6, 6.07) is 8.73. The molecular weight excluding hydrogens is 366 g/mol. The molecule has 2 N–H and O–H groups in total. The van der Waals surface area contributed by atoms with Crippen LogP contribution in [-0.4, -0.2) is 73.6 Å². The van der Waals surface area contributed by atoms with Crippen LogP contribution in [0.2, 0.25) is 0 Å². The molecule has 2 aliphatic heterocycles. The molecule has 1 aromatic rings. The zero-order chi connectivity index (χ0) is 20.5. The Balaban J connectivity index is 1.58. The molecule has 0 aromatic heterocycles. The fourth-order valence-corrected chi connectivity index (χ4v) is 3.84.